The van der Waals surface area contributed by atoms with Gasteiger partial charge in [0.15, 0.2) is 11.0 Å². The summed E-state index contributed by atoms with van der Waals surface area (Å²) in [7, 11) is 1.59. The van der Waals surface area contributed by atoms with E-state index in [2.05, 4.69) is 10.2 Å². The van der Waals surface area contributed by atoms with Crippen molar-refractivity contribution in [3.05, 3.63) is 54.1 Å². The molecule has 0 unspecified atom stereocenters. The fraction of sp³-hybridized carbons (Fsp3) is 0.167. The molecule has 0 fully saturated rings. The molecular weight excluding hydrogens is 338 g/mol. The van der Waals surface area contributed by atoms with E-state index < -0.39 is 5.97 Å². The number of thioether (sulfide) groups is 1. The Labute approximate surface area is 149 Å². The lowest BCUT2D eigenvalue weighted by atomic mass is 10.1. The van der Waals surface area contributed by atoms with Gasteiger partial charge >= 0.3 is 0 Å². The molecule has 6 nitrogen and oxygen atoms in total. The molecule has 0 atom stereocenters. The monoisotopic (exact) mass is 354 g/mol. The number of aliphatic carboxylic acids is 1. The first kappa shape index (κ1) is 17.0. The van der Waals surface area contributed by atoms with Gasteiger partial charge in [0.05, 0.1) is 18.6 Å². The zero-order valence-electron chi connectivity index (χ0n) is 13.8. The Morgan fingerprint density at radius 3 is 2.56 bits per heavy atom. The van der Waals surface area contributed by atoms with Crippen LogP contribution in [0.15, 0.2) is 53.7 Å². The normalized spacial score (nSPS) is 10.6. The maximum absolute atomic E-state index is 10.8. The first-order chi connectivity index (χ1) is 12.1. The van der Waals surface area contributed by atoms with Crippen LogP contribution in [-0.4, -0.2) is 33.6 Å². The van der Waals surface area contributed by atoms with Gasteiger partial charge in [-0.15, -0.1) is 10.2 Å². The van der Waals surface area contributed by atoms with E-state index in [-0.39, 0.29) is 5.75 Å². The van der Waals surface area contributed by atoms with Crippen LogP contribution in [0.4, 0.5) is 0 Å². The highest BCUT2D eigenvalue weighted by molar-refractivity contribution is 7.99. The number of nitrogens with zero attached hydrogens (tertiary/aromatic N) is 3. The maximum atomic E-state index is 10.8. The van der Waals surface area contributed by atoms with Crippen LogP contribution in [0.25, 0.3) is 17.1 Å². The molecule has 1 heterocycles. The predicted octanol–water partition coefficient (Wildman–Crippen LogP) is 2.09. The summed E-state index contributed by atoms with van der Waals surface area (Å²) in [5, 5.41) is 19.8. The second-order valence-corrected chi connectivity index (χ2v) is 6.28. The molecule has 0 saturated carbocycles. The molecule has 0 aliphatic carbocycles. The fourth-order valence-electron chi connectivity index (χ4n) is 2.42. The SMILES string of the molecule is COc1ccccc1-c1nnc(SCC(=O)[O-])n1-c1ccc(C)cc1. The van der Waals surface area contributed by atoms with E-state index in [1.165, 1.54) is 0 Å². The smallest absolute Gasteiger partial charge is 0.196 e. The molecule has 1 aromatic heterocycles. The molecule has 3 aromatic rings. The molecule has 0 spiro atoms. The zero-order chi connectivity index (χ0) is 17.8. The number of hydrogen-bond donors (Lipinski definition) is 0. The largest absolute Gasteiger partial charge is 0.549 e. The molecule has 7 heteroatoms. The van der Waals surface area contributed by atoms with Crippen molar-refractivity contribution >= 4 is 17.7 Å². The maximum Gasteiger partial charge on any atom is 0.196 e. The highest BCUT2D eigenvalue weighted by Crippen LogP contribution is 2.33. The standard InChI is InChI=1S/C18H17N3O3S/c1-12-7-9-13(10-8-12)21-17(14-5-3-4-6-15(14)24-2)19-20-18(21)25-11-16(22)23/h3-10H,11H2,1-2H3,(H,22,23)/p-1. The van der Waals surface area contributed by atoms with Crippen LogP contribution in [-0.2, 0) is 4.79 Å². The summed E-state index contributed by atoms with van der Waals surface area (Å²) in [5.74, 6) is -0.0974. The molecule has 3 rings (SSSR count). The van der Waals surface area contributed by atoms with Crippen LogP contribution in [0.1, 0.15) is 5.56 Å². The molecule has 0 radical (unpaired) electrons. The van der Waals surface area contributed by atoms with Crippen LogP contribution in [0.5, 0.6) is 5.75 Å². The summed E-state index contributed by atoms with van der Waals surface area (Å²) in [6.07, 6.45) is 0. The average molecular weight is 354 g/mol. The molecule has 0 aliphatic rings. The molecule has 2 aromatic carbocycles. The molecule has 0 saturated heterocycles. The van der Waals surface area contributed by atoms with E-state index in [4.69, 9.17) is 4.74 Å². The van der Waals surface area contributed by atoms with Gasteiger partial charge in [-0.2, -0.15) is 0 Å². The molecule has 128 valence electrons. The van der Waals surface area contributed by atoms with Gasteiger partial charge in [0, 0.05) is 11.4 Å². The van der Waals surface area contributed by atoms with Crippen molar-refractivity contribution in [1.82, 2.24) is 14.8 Å². The van der Waals surface area contributed by atoms with Gasteiger partial charge in [0.1, 0.15) is 5.75 Å². The lowest BCUT2D eigenvalue weighted by molar-refractivity contribution is -0.301. The van der Waals surface area contributed by atoms with Crippen molar-refractivity contribution in [2.75, 3.05) is 12.9 Å². The second-order valence-electron chi connectivity index (χ2n) is 5.34. The topological polar surface area (TPSA) is 80.1 Å². The Balaban J connectivity index is 2.15. The number of benzene rings is 2. The lowest BCUT2D eigenvalue weighted by Crippen LogP contribution is -2.24. The second kappa shape index (κ2) is 7.40. The summed E-state index contributed by atoms with van der Waals surface area (Å²) < 4.78 is 7.25. The minimum Gasteiger partial charge on any atom is -0.549 e. The summed E-state index contributed by atoms with van der Waals surface area (Å²) in [6.45, 7) is 2.00. The number of carbonyl (C=O) groups excluding carboxylic acids is 1. The lowest BCUT2D eigenvalue weighted by Gasteiger charge is -2.12. The first-order valence-corrected chi connectivity index (χ1v) is 8.57. The Hall–Kier alpha value is -2.80. The minimum absolute atomic E-state index is 0.198. The van der Waals surface area contributed by atoms with Crippen molar-refractivity contribution in [3.63, 3.8) is 0 Å². The van der Waals surface area contributed by atoms with Crippen molar-refractivity contribution < 1.29 is 14.6 Å². The number of carboxylic acid groups (broad SMARTS) is 1. The van der Waals surface area contributed by atoms with Gasteiger partial charge in [-0.1, -0.05) is 41.6 Å². The number of para-hydroxylation sites is 1. The molecule has 0 bridgehead atoms. The molecule has 0 amide bonds. The average Bonchev–Trinajstić information content (AvgIpc) is 3.04. The Bertz CT molecular complexity index is 891. The number of methoxy groups -OCH3 is 1. The number of carbonyl (C=O) groups is 1. The van der Waals surface area contributed by atoms with Crippen LogP contribution in [0, 0.1) is 6.92 Å². The number of rotatable bonds is 6. The molecular formula is C18H16N3O3S-. The third-order valence-electron chi connectivity index (χ3n) is 3.59. The molecule has 0 N–H and O–H groups in total. The van der Waals surface area contributed by atoms with Crippen LogP contribution < -0.4 is 9.84 Å². The predicted molar refractivity (Wildman–Crippen MR) is 93.8 cm³/mol. The zero-order valence-corrected chi connectivity index (χ0v) is 14.6. The van der Waals surface area contributed by atoms with Crippen molar-refractivity contribution in [1.29, 1.82) is 0 Å². The van der Waals surface area contributed by atoms with Crippen LogP contribution in [0.2, 0.25) is 0 Å². The Morgan fingerprint density at radius 1 is 1.16 bits per heavy atom. The Kier molecular flexibility index (Phi) is 5.04. The van der Waals surface area contributed by atoms with E-state index in [9.17, 15) is 9.90 Å². The highest BCUT2D eigenvalue weighted by atomic mass is 32.2. The van der Waals surface area contributed by atoms with Gasteiger partial charge < -0.3 is 14.6 Å². The van der Waals surface area contributed by atoms with E-state index in [1.54, 1.807) is 7.11 Å². The van der Waals surface area contributed by atoms with Gasteiger partial charge in [0.2, 0.25) is 0 Å². The number of carboxylic acids is 1. The molecule has 25 heavy (non-hydrogen) atoms. The quantitative estimate of drug-likeness (QED) is 0.631. The van der Waals surface area contributed by atoms with Gasteiger partial charge in [-0.3, -0.25) is 4.57 Å². The first-order valence-electron chi connectivity index (χ1n) is 7.58. The van der Waals surface area contributed by atoms with Crippen molar-refractivity contribution in [3.8, 4) is 22.8 Å². The fourth-order valence-corrected chi connectivity index (χ4v) is 3.08. The highest BCUT2D eigenvalue weighted by Gasteiger charge is 2.18. The number of hydrogen-bond acceptors (Lipinski definition) is 6. The van der Waals surface area contributed by atoms with E-state index >= 15 is 0 Å². The summed E-state index contributed by atoms with van der Waals surface area (Å²) in [5.41, 5.74) is 2.75. The van der Waals surface area contributed by atoms with E-state index in [0.717, 1.165) is 28.6 Å². The third-order valence-corrected chi connectivity index (χ3v) is 4.49. The van der Waals surface area contributed by atoms with Crippen LogP contribution >= 0.6 is 11.8 Å². The third kappa shape index (κ3) is 3.66. The van der Waals surface area contributed by atoms with E-state index in [1.807, 2.05) is 60.0 Å². The van der Waals surface area contributed by atoms with Gasteiger partial charge in [-0.05, 0) is 31.2 Å². The number of aromatic nitrogens is 3. The van der Waals surface area contributed by atoms with Crippen molar-refractivity contribution in [2.24, 2.45) is 0 Å². The van der Waals surface area contributed by atoms with Crippen molar-refractivity contribution in [2.45, 2.75) is 12.1 Å². The summed E-state index contributed by atoms with van der Waals surface area (Å²) >= 11 is 1.07. The van der Waals surface area contributed by atoms with E-state index in [0.29, 0.717) is 16.7 Å². The van der Waals surface area contributed by atoms with Gasteiger partial charge in [0.25, 0.3) is 0 Å². The molecule has 0 aliphatic heterocycles. The minimum atomic E-state index is -1.15. The summed E-state index contributed by atoms with van der Waals surface area (Å²) in [6, 6.07) is 15.4. The number of ether oxygens (including phenoxy) is 1. The number of aryl methyl sites for hydroxylation is 1. The summed E-state index contributed by atoms with van der Waals surface area (Å²) in [4.78, 5) is 10.8. The Morgan fingerprint density at radius 2 is 1.88 bits per heavy atom. The van der Waals surface area contributed by atoms with Crippen LogP contribution in [0.3, 0.4) is 0 Å². The van der Waals surface area contributed by atoms with Gasteiger partial charge in [-0.25, -0.2) is 0 Å².